The number of methoxy groups -OCH3 is 1. The molecule has 0 fully saturated rings. The van der Waals surface area contributed by atoms with E-state index in [4.69, 9.17) is 35.8 Å². The summed E-state index contributed by atoms with van der Waals surface area (Å²) in [6, 6.07) is 27.3. The fourth-order valence-electron chi connectivity index (χ4n) is 4.38. The number of benzene rings is 3. The minimum Gasteiger partial charge on any atom is -0.497 e. The van der Waals surface area contributed by atoms with E-state index in [1.165, 1.54) is 0 Å². The molecule has 0 saturated heterocycles. The molecule has 1 aliphatic rings. The molecule has 35 heavy (non-hydrogen) atoms. The Bertz CT molecular complexity index is 1530. The summed E-state index contributed by atoms with van der Waals surface area (Å²) in [5, 5.41) is 8.36. The van der Waals surface area contributed by atoms with Crippen molar-refractivity contribution in [2.45, 2.75) is 12.5 Å². The van der Waals surface area contributed by atoms with Gasteiger partial charge in [-0.15, -0.1) is 0 Å². The fraction of sp³-hybridized carbons (Fsp3) is 0.107. The van der Waals surface area contributed by atoms with E-state index in [0.29, 0.717) is 17.4 Å². The lowest BCUT2D eigenvalue weighted by atomic mass is 10.0. The van der Waals surface area contributed by atoms with Gasteiger partial charge in [0.2, 0.25) is 5.95 Å². The van der Waals surface area contributed by atoms with Crippen molar-refractivity contribution in [1.82, 2.24) is 9.97 Å². The Kier molecular flexibility index (Phi) is 5.43. The van der Waals surface area contributed by atoms with Crippen LogP contribution in [0.5, 0.6) is 5.75 Å². The van der Waals surface area contributed by atoms with E-state index in [2.05, 4.69) is 0 Å². The van der Waals surface area contributed by atoms with Crippen molar-refractivity contribution in [2.75, 3.05) is 12.1 Å². The number of hydrogen-bond acceptors (Lipinski definition) is 6. The lowest BCUT2D eigenvalue weighted by Gasteiger charge is -2.21. The molecule has 172 valence electrons. The Morgan fingerprint density at radius 2 is 1.77 bits per heavy atom. The summed E-state index contributed by atoms with van der Waals surface area (Å²) < 4.78 is 11.2. The van der Waals surface area contributed by atoms with Gasteiger partial charge in [0.1, 0.15) is 17.6 Å². The van der Waals surface area contributed by atoms with Crippen LogP contribution in [0.1, 0.15) is 23.8 Å². The summed E-state index contributed by atoms with van der Waals surface area (Å²) in [5.41, 5.74) is 4.47. The highest BCUT2D eigenvalue weighted by Crippen LogP contribution is 2.38. The molecule has 6 rings (SSSR count). The predicted molar refractivity (Wildman–Crippen MR) is 138 cm³/mol. The summed E-state index contributed by atoms with van der Waals surface area (Å²) in [5.74, 6) is 2.08. The summed E-state index contributed by atoms with van der Waals surface area (Å²) in [4.78, 5) is 9.89. The third-order valence-electron chi connectivity index (χ3n) is 6.08. The molecular formula is C28H21ClN4O2. The highest BCUT2D eigenvalue weighted by atomic mass is 35.5. The Labute approximate surface area is 207 Å². The fourth-order valence-corrected chi connectivity index (χ4v) is 4.55. The van der Waals surface area contributed by atoms with Crippen LogP contribution in [0.3, 0.4) is 0 Å². The number of aromatic nitrogens is 2. The van der Waals surface area contributed by atoms with Gasteiger partial charge in [0.05, 0.1) is 30.3 Å². The molecule has 0 bridgehead atoms. The quantitative estimate of drug-likeness (QED) is 0.273. The Morgan fingerprint density at radius 3 is 2.57 bits per heavy atom. The third-order valence-corrected chi connectivity index (χ3v) is 6.32. The first-order valence-electron chi connectivity index (χ1n) is 11.3. The highest BCUT2D eigenvalue weighted by Gasteiger charge is 2.34. The Balaban J connectivity index is 1.53. The van der Waals surface area contributed by atoms with E-state index < -0.39 is 0 Å². The summed E-state index contributed by atoms with van der Waals surface area (Å²) in [6.07, 6.45) is 2.32. The second-order valence-electron chi connectivity index (χ2n) is 8.26. The van der Waals surface area contributed by atoms with E-state index in [-0.39, 0.29) is 6.04 Å². The van der Waals surface area contributed by atoms with Gasteiger partial charge in [-0.25, -0.2) is 15.0 Å². The average Bonchev–Trinajstić information content (AvgIpc) is 3.59. The standard InChI is InChI=1S/C28H21ClN4O2/c1-34-21-10-5-9-19(15-21)24-17-25(26-11-6-14-35-26)33(32-24)28-30-23-13-12-20(29)16-22(23)27(31-28)18-7-3-2-4-8-18/h2-16,25H,17H2,1H3/t25-/m1/s1. The minimum absolute atomic E-state index is 0.181. The molecule has 0 amide bonds. The molecule has 1 atom stereocenters. The molecule has 7 heteroatoms. The molecule has 2 aromatic heterocycles. The lowest BCUT2D eigenvalue weighted by Crippen LogP contribution is -2.20. The van der Waals surface area contributed by atoms with Crippen molar-refractivity contribution in [3.05, 3.63) is 108 Å². The summed E-state index contributed by atoms with van der Waals surface area (Å²) in [7, 11) is 1.66. The number of furan rings is 1. The van der Waals surface area contributed by atoms with Crippen molar-refractivity contribution in [1.29, 1.82) is 0 Å². The first-order chi connectivity index (χ1) is 17.2. The molecule has 0 unspecified atom stereocenters. The SMILES string of the molecule is COc1cccc(C2=NN(c3nc(-c4ccccc4)c4cc(Cl)ccc4n3)[C@@H](c3ccco3)C2)c1. The molecule has 3 heterocycles. The number of fused-ring (bicyclic) bond motifs is 1. The molecule has 5 aromatic rings. The number of halogens is 1. The molecule has 0 saturated carbocycles. The van der Waals surface area contributed by atoms with Crippen LogP contribution < -0.4 is 9.75 Å². The van der Waals surface area contributed by atoms with E-state index in [1.807, 2.05) is 89.9 Å². The van der Waals surface area contributed by atoms with Gasteiger partial charge in [-0.2, -0.15) is 5.10 Å². The highest BCUT2D eigenvalue weighted by molar-refractivity contribution is 6.31. The van der Waals surface area contributed by atoms with Crippen molar-refractivity contribution < 1.29 is 9.15 Å². The molecule has 3 aromatic carbocycles. The van der Waals surface area contributed by atoms with E-state index in [9.17, 15) is 0 Å². The molecule has 6 nitrogen and oxygen atoms in total. The van der Waals surface area contributed by atoms with Crippen molar-refractivity contribution in [2.24, 2.45) is 5.10 Å². The van der Waals surface area contributed by atoms with Gasteiger partial charge < -0.3 is 9.15 Å². The van der Waals surface area contributed by atoms with Crippen LogP contribution in [0, 0.1) is 0 Å². The van der Waals surface area contributed by atoms with Crippen molar-refractivity contribution in [3.8, 4) is 17.0 Å². The smallest absolute Gasteiger partial charge is 0.248 e. The minimum atomic E-state index is -0.181. The maximum Gasteiger partial charge on any atom is 0.248 e. The van der Waals surface area contributed by atoms with E-state index >= 15 is 0 Å². The number of nitrogens with zero attached hydrogens (tertiary/aromatic N) is 4. The van der Waals surface area contributed by atoms with Crippen molar-refractivity contribution in [3.63, 3.8) is 0 Å². The van der Waals surface area contributed by atoms with Crippen LogP contribution in [0.4, 0.5) is 5.95 Å². The largest absolute Gasteiger partial charge is 0.497 e. The van der Waals surface area contributed by atoms with Crippen molar-refractivity contribution >= 4 is 34.2 Å². The van der Waals surface area contributed by atoms with Gasteiger partial charge >= 0.3 is 0 Å². The zero-order valence-corrected chi connectivity index (χ0v) is 19.7. The third kappa shape index (κ3) is 4.02. The number of rotatable bonds is 5. The van der Waals surface area contributed by atoms with Crippen LogP contribution in [0.15, 0.2) is 101 Å². The van der Waals surface area contributed by atoms with Gasteiger partial charge in [0.15, 0.2) is 0 Å². The predicted octanol–water partition coefficient (Wildman–Crippen LogP) is 6.91. The molecule has 1 aliphatic heterocycles. The van der Waals surface area contributed by atoms with Gasteiger partial charge in [-0.3, -0.25) is 0 Å². The second-order valence-corrected chi connectivity index (χ2v) is 8.69. The Morgan fingerprint density at radius 1 is 0.914 bits per heavy atom. The molecule has 0 aliphatic carbocycles. The van der Waals surface area contributed by atoms with Gasteiger partial charge in [-0.05, 0) is 42.5 Å². The first kappa shape index (κ1) is 21.4. The molecule has 0 spiro atoms. The van der Waals surface area contributed by atoms with Crippen LogP contribution in [-0.2, 0) is 0 Å². The normalized spacial score (nSPS) is 15.4. The summed E-state index contributed by atoms with van der Waals surface area (Å²) in [6.45, 7) is 0. The maximum absolute atomic E-state index is 6.34. The van der Waals surface area contributed by atoms with Gasteiger partial charge in [0.25, 0.3) is 0 Å². The van der Waals surface area contributed by atoms with Crippen LogP contribution in [0.2, 0.25) is 5.02 Å². The average molecular weight is 481 g/mol. The van der Waals surface area contributed by atoms with Crippen LogP contribution in [-0.4, -0.2) is 22.8 Å². The number of anilines is 1. The lowest BCUT2D eigenvalue weighted by molar-refractivity contribution is 0.414. The van der Waals surface area contributed by atoms with Crippen LogP contribution >= 0.6 is 11.6 Å². The first-order valence-corrected chi connectivity index (χ1v) is 11.6. The zero-order valence-electron chi connectivity index (χ0n) is 18.9. The number of ether oxygens (including phenoxy) is 1. The van der Waals surface area contributed by atoms with Crippen LogP contribution in [0.25, 0.3) is 22.2 Å². The zero-order chi connectivity index (χ0) is 23.8. The van der Waals surface area contributed by atoms with E-state index in [0.717, 1.165) is 44.9 Å². The van der Waals surface area contributed by atoms with Gasteiger partial charge in [-0.1, -0.05) is 54.1 Å². The molecule has 0 N–H and O–H groups in total. The number of hydrogen-bond donors (Lipinski definition) is 0. The topological polar surface area (TPSA) is 63.8 Å². The monoisotopic (exact) mass is 480 g/mol. The summed E-state index contributed by atoms with van der Waals surface area (Å²) >= 11 is 6.34. The molecular weight excluding hydrogens is 460 g/mol. The molecule has 0 radical (unpaired) electrons. The van der Waals surface area contributed by atoms with Gasteiger partial charge in [0, 0.05) is 28.0 Å². The Hall–Kier alpha value is -4.16. The second kappa shape index (κ2) is 8.89. The maximum atomic E-state index is 6.34. The van der Waals surface area contributed by atoms with E-state index in [1.54, 1.807) is 13.4 Å². The number of hydrazone groups is 1.